The van der Waals surface area contributed by atoms with Crippen molar-refractivity contribution in [2.75, 3.05) is 0 Å². The highest BCUT2D eigenvalue weighted by Crippen LogP contribution is 2.42. The van der Waals surface area contributed by atoms with Gasteiger partial charge in [0, 0.05) is 27.6 Å². The summed E-state index contributed by atoms with van der Waals surface area (Å²) in [5, 5.41) is 5.20. The molecule has 6 heteroatoms. The monoisotopic (exact) mass is 734 g/mol. The molecule has 11 aromatic rings. The van der Waals surface area contributed by atoms with E-state index >= 15 is 0 Å². The third-order valence-corrected chi connectivity index (χ3v) is 11.4. The van der Waals surface area contributed by atoms with Crippen molar-refractivity contribution in [3.8, 4) is 67.0 Å². The summed E-state index contributed by atoms with van der Waals surface area (Å²) in [5.41, 5.74) is 10.9. The van der Waals surface area contributed by atoms with Crippen molar-refractivity contribution in [3.63, 3.8) is 0 Å². The molecule has 0 N–H and O–H groups in total. The summed E-state index contributed by atoms with van der Waals surface area (Å²) in [6.45, 7) is 0. The van der Waals surface area contributed by atoms with E-state index in [1.165, 1.54) is 0 Å². The van der Waals surface area contributed by atoms with E-state index in [1.54, 1.807) is 11.3 Å². The maximum absolute atomic E-state index is 6.50. The van der Waals surface area contributed by atoms with Crippen LogP contribution in [0.15, 0.2) is 186 Å². The minimum absolute atomic E-state index is 0.595. The maximum Gasteiger partial charge on any atom is 0.164 e. The molecule has 0 aliphatic rings. The number of thiazole rings is 1. The van der Waals surface area contributed by atoms with Crippen molar-refractivity contribution in [1.82, 2.24) is 19.9 Å². The Balaban J connectivity index is 1.12. The van der Waals surface area contributed by atoms with Crippen molar-refractivity contribution in [2.24, 2.45) is 0 Å². The van der Waals surface area contributed by atoms with Gasteiger partial charge in [0.15, 0.2) is 17.5 Å². The van der Waals surface area contributed by atoms with Crippen molar-refractivity contribution in [3.05, 3.63) is 182 Å². The third kappa shape index (κ3) is 5.63. The summed E-state index contributed by atoms with van der Waals surface area (Å²) >= 11 is 1.70. The average molecular weight is 735 g/mol. The van der Waals surface area contributed by atoms with Crippen molar-refractivity contribution < 1.29 is 4.42 Å². The molecule has 8 aromatic carbocycles. The van der Waals surface area contributed by atoms with Gasteiger partial charge in [-0.25, -0.2) is 19.9 Å². The summed E-state index contributed by atoms with van der Waals surface area (Å²) in [6, 6.07) is 62.8. The second-order valence-electron chi connectivity index (χ2n) is 13.8. The van der Waals surface area contributed by atoms with Crippen LogP contribution in [0.2, 0.25) is 0 Å². The van der Waals surface area contributed by atoms with Gasteiger partial charge in [0.2, 0.25) is 0 Å². The van der Waals surface area contributed by atoms with E-state index in [1.807, 2.05) is 18.2 Å². The molecule has 0 saturated carbocycles. The first-order valence-corrected chi connectivity index (χ1v) is 19.4. The lowest BCUT2D eigenvalue weighted by Gasteiger charge is -2.11. The van der Waals surface area contributed by atoms with E-state index in [0.717, 1.165) is 92.4 Å². The first-order chi connectivity index (χ1) is 27.7. The molecule has 0 aliphatic heterocycles. The number of rotatable bonds is 6. The highest BCUT2D eigenvalue weighted by molar-refractivity contribution is 7.21. The van der Waals surface area contributed by atoms with Crippen LogP contribution in [0.4, 0.5) is 0 Å². The zero-order chi connectivity index (χ0) is 37.0. The SMILES string of the molecule is c1ccc(-c2cccc(-c3nc(-c4cccc(-c5ccccc5)c4)nc(-c4ccc5ccc6oc7ccc8sc(-c9ccccc9)nc8c7c6c5c4)n3)c2)cc1. The normalized spacial score (nSPS) is 11.6. The summed E-state index contributed by atoms with van der Waals surface area (Å²) in [5.74, 6) is 1.81. The fraction of sp³-hybridized carbons (Fsp3) is 0. The fourth-order valence-corrected chi connectivity index (χ4v) is 8.59. The molecule has 0 fully saturated rings. The van der Waals surface area contributed by atoms with Crippen LogP contribution in [0.5, 0.6) is 0 Å². The zero-order valence-electron chi connectivity index (χ0n) is 29.9. The average Bonchev–Trinajstić information content (AvgIpc) is 3.89. The largest absolute Gasteiger partial charge is 0.456 e. The van der Waals surface area contributed by atoms with Gasteiger partial charge in [-0.05, 0) is 69.4 Å². The molecular formula is C50H30N4OS. The third-order valence-electron chi connectivity index (χ3n) is 10.3. The zero-order valence-corrected chi connectivity index (χ0v) is 30.7. The minimum Gasteiger partial charge on any atom is -0.456 e. The summed E-state index contributed by atoms with van der Waals surface area (Å²) in [7, 11) is 0. The number of nitrogens with zero attached hydrogens (tertiary/aromatic N) is 4. The molecule has 262 valence electrons. The Morgan fingerprint density at radius 3 is 1.45 bits per heavy atom. The van der Waals surface area contributed by atoms with Crippen molar-refractivity contribution in [1.29, 1.82) is 0 Å². The van der Waals surface area contributed by atoms with Gasteiger partial charge in [0.1, 0.15) is 16.2 Å². The number of hydrogen-bond donors (Lipinski definition) is 0. The number of furan rings is 1. The van der Waals surface area contributed by atoms with Crippen LogP contribution in [-0.4, -0.2) is 19.9 Å². The summed E-state index contributed by atoms with van der Waals surface area (Å²) in [4.78, 5) is 20.7. The van der Waals surface area contributed by atoms with E-state index in [2.05, 4.69) is 164 Å². The van der Waals surface area contributed by atoms with E-state index in [0.29, 0.717) is 17.5 Å². The van der Waals surface area contributed by atoms with Crippen LogP contribution < -0.4 is 0 Å². The molecule has 3 heterocycles. The van der Waals surface area contributed by atoms with Crippen LogP contribution in [0.3, 0.4) is 0 Å². The Morgan fingerprint density at radius 1 is 0.357 bits per heavy atom. The van der Waals surface area contributed by atoms with Gasteiger partial charge in [-0.3, -0.25) is 0 Å². The van der Waals surface area contributed by atoms with Gasteiger partial charge in [0.25, 0.3) is 0 Å². The van der Waals surface area contributed by atoms with Gasteiger partial charge < -0.3 is 4.42 Å². The Kier molecular flexibility index (Phi) is 7.60. The molecule has 0 saturated heterocycles. The van der Waals surface area contributed by atoms with E-state index < -0.39 is 0 Å². The number of hydrogen-bond acceptors (Lipinski definition) is 6. The standard InChI is InChI=1S/C50H30N4OS/c1-4-12-31(13-5-1)35-18-10-20-37(28-35)47-52-48(38-21-11-19-36(29-38)32-14-6-2-7-15-32)54-49(53-47)39-23-22-33-24-25-41-44(40(33)30-39)45-42(55-41)26-27-43-46(45)51-50(56-43)34-16-8-3-9-17-34/h1-30H. The van der Waals surface area contributed by atoms with Crippen LogP contribution >= 0.6 is 11.3 Å². The topological polar surface area (TPSA) is 64.7 Å². The van der Waals surface area contributed by atoms with Crippen LogP contribution in [0.25, 0.3) is 110 Å². The maximum atomic E-state index is 6.50. The first kappa shape index (κ1) is 32.2. The Hall–Kier alpha value is -7.28. The predicted octanol–water partition coefficient (Wildman–Crippen LogP) is 13.5. The summed E-state index contributed by atoms with van der Waals surface area (Å²) < 4.78 is 7.62. The molecule has 3 aromatic heterocycles. The quantitative estimate of drug-likeness (QED) is 0.170. The lowest BCUT2D eigenvalue weighted by atomic mass is 10.0. The second-order valence-corrected chi connectivity index (χ2v) is 14.9. The summed E-state index contributed by atoms with van der Waals surface area (Å²) in [6.07, 6.45) is 0. The van der Waals surface area contributed by atoms with E-state index in [4.69, 9.17) is 24.4 Å². The molecule has 0 bridgehead atoms. The van der Waals surface area contributed by atoms with E-state index in [9.17, 15) is 0 Å². The van der Waals surface area contributed by atoms with Gasteiger partial charge in [-0.1, -0.05) is 146 Å². The molecular weight excluding hydrogens is 705 g/mol. The molecule has 5 nitrogen and oxygen atoms in total. The predicted molar refractivity (Wildman–Crippen MR) is 230 cm³/mol. The van der Waals surface area contributed by atoms with Gasteiger partial charge in [0.05, 0.1) is 15.6 Å². The Bertz CT molecular complexity index is 3150. The van der Waals surface area contributed by atoms with Gasteiger partial charge in [-0.15, -0.1) is 11.3 Å². The van der Waals surface area contributed by atoms with Crippen LogP contribution in [0.1, 0.15) is 0 Å². The molecule has 0 atom stereocenters. The highest BCUT2D eigenvalue weighted by Gasteiger charge is 2.19. The minimum atomic E-state index is 0.595. The van der Waals surface area contributed by atoms with Gasteiger partial charge >= 0.3 is 0 Å². The highest BCUT2D eigenvalue weighted by atomic mass is 32.1. The Labute approximate surface area is 326 Å². The molecule has 0 spiro atoms. The molecule has 0 aliphatic carbocycles. The van der Waals surface area contributed by atoms with Crippen molar-refractivity contribution in [2.45, 2.75) is 0 Å². The fourth-order valence-electron chi connectivity index (χ4n) is 7.61. The molecule has 0 amide bonds. The van der Waals surface area contributed by atoms with Gasteiger partial charge in [-0.2, -0.15) is 0 Å². The number of benzene rings is 8. The first-order valence-electron chi connectivity index (χ1n) is 18.5. The van der Waals surface area contributed by atoms with Crippen LogP contribution in [-0.2, 0) is 0 Å². The Morgan fingerprint density at radius 2 is 0.839 bits per heavy atom. The smallest absolute Gasteiger partial charge is 0.164 e. The number of fused-ring (bicyclic) bond motifs is 7. The molecule has 56 heavy (non-hydrogen) atoms. The molecule has 0 radical (unpaired) electrons. The van der Waals surface area contributed by atoms with E-state index in [-0.39, 0.29) is 0 Å². The van der Waals surface area contributed by atoms with Crippen LogP contribution in [0, 0.1) is 0 Å². The second kappa shape index (κ2) is 13.2. The lowest BCUT2D eigenvalue weighted by molar-refractivity contribution is 0.669. The lowest BCUT2D eigenvalue weighted by Crippen LogP contribution is -2.00. The molecule has 11 rings (SSSR count). The molecule has 0 unspecified atom stereocenters. The van der Waals surface area contributed by atoms with Crippen molar-refractivity contribution >= 4 is 54.3 Å². The number of aromatic nitrogens is 4.